The lowest BCUT2D eigenvalue weighted by molar-refractivity contribution is 0.0437. The zero-order valence-corrected chi connectivity index (χ0v) is 19.0. The summed E-state index contributed by atoms with van der Waals surface area (Å²) in [6, 6.07) is 7.80. The summed E-state index contributed by atoms with van der Waals surface area (Å²) >= 11 is 4.13. The van der Waals surface area contributed by atoms with Gasteiger partial charge in [0, 0.05) is 18.0 Å². The standard InChI is InChI=1S/C16H22IN3O2S.HI/c1-3-18-15(19-9-8-12-6-7-14(17)23-12)20-11-16(2,21)13-5-4-10-22-13;/h4-7,10,21H,3,8-9,11H2,1-2H3,(H2,18,19,20);1H. The number of aliphatic imine (C=N–C) groups is 1. The molecule has 0 aliphatic carbocycles. The van der Waals surface area contributed by atoms with Gasteiger partial charge in [-0.3, -0.25) is 0 Å². The smallest absolute Gasteiger partial charge is 0.191 e. The highest BCUT2D eigenvalue weighted by molar-refractivity contribution is 14.1. The van der Waals surface area contributed by atoms with Crippen LogP contribution in [0.3, 0.4) is 0 Å². The Morgan fingerprint density at radius 2 is 2.17 bits per heavy atom. The summed E-state index contributed by atoms with van der Waals surface area (Å²) < 4.78 is 6.57. The number of furan rings is 1. The predicted molar refractivity (Wildman–Crippen MR) is 118 cm³/mol. The minimum atomic E-state index is -1.12. The SMILES string of the molecule is CCNC(=NCC(C)(O)c1ccco1)NCCc1ccc(I)s1.I. The molecule has 8 heteroatoms. The van der Waals surface area contributed by atoms with E-state index in [1.165, 1.54) is 7.76 Å². The topological polar surface area (TPSA) is 69.8 Å². The number of guanidine groups is 1. The zero-order valence-electron chi connectivity index (χ0n) is 13.7. The summed E-state index contributed by atoms with van der Waals surface area (Å²) in [5.74, 6) is 1.22. The van der Waals surface area contributed by atoms with E-state index in [1.807, 2.05) is 6.92 Å². The normalized spacial score (nSPS) is 13.9. The van der Waals surface area contributed by atoms with Gasteiger partial charge in [-0.2, -0.15) is 0 Å². The van der Waals surface area contributed by atoms with Gasteiger partial charge in [-0.15, -0.1) is 35.3 Å². The van der Waals surface area contributed by atoms with Crippen LogP contribution in [-0.4, -0.2) is 30.7 Å². The van der Waals surface area contributed by atoms with Gasteiger partial charge in [-0.1, -0.05) is 0 Å². The highest BCUT2D eigenvalue weighted by atomic mass is 127. The van der Waals surface area contributed by atoms with Gasteiger partial charge in [0.25, 0.3) is 0 Å². The molecule has 0 aliphatic rings. The molecule has 134 valence electrons. The van der Waals surface area contributed by atoms with Crippen LogP contribution in [0.1, 0.15) is 24.5 Å². The van der Waals surface area contributed by atoms with Crippen LogP contribution in [0.4, 0.5) is 0 Å². The number of rotatable bonds is 7. The molecule has 3 N–H and O–H groups in total. The fourth-order valence-corrected chi connectivity index (χ4v) is 3.78. The third kappa shape index (κ3) is 6.89. The fraction of sp³-hybridized carbons (Fsp3) is 0.438. The van der Waals surface area contributed by atoms with Crippen molar-refractivity contribution in [3.05, 3.63) is 44.0 Å². The average Bonchev–Trinajstić information content (AvgIpc) is 3.17. The van der Waals surface area contributed by atoms with Gasteiger partial charge in [-0.25, -0.2) is 4.99 Å². The predicted octanol–water partition coefficient (Wildman–Crippen LogP) is 3.57. The van der Waals surface area contributed by atoms with Crippen molar-refractivity contribution in [3.8, 4) is 0 Å². The first-order valence-corrected chi connectivity index (χ1v) is 9.43. The molecule has 5 nitrogen and oxygen atoms in total. The summed E-state index contributed by atoms with van der Waals surface area (Å²) in [4.78, 5) is 5.81. The molecular formula is C16H23I2N3O2S. The van der Waals surface area contributed by atoms with Gasteiger partial charge in [-0.05, 0) is 67.1 Å². The number of thiophene rings is 1. The summed E-state index contributed by atoms with van der Waals surface area (Å²) in [7, 11) is 0. The summed E-state index contributed by atoms with van der Waals surface area (Å²) in [6.45, 7) is 5.51. The molecule has 0 saturated carbocycles. The first-order valence-electron chi connectivity index (χ1n) is 7.54. The van der Waals surface area contributed by atoms with Crippen molar-refractivity contribution >= 4 is 63.9 Å². The number of halogens is 2. The maximum Gasteiger partial charge on any atom is 0.191 e. The molecule has 0 amide bonds. The van der Waals surface area contributed by atoms with Gasteiger partial charge in [0.1, 0.15) is 11.4 Å². The lowest BCUT2D eigenvalue weighted by Crippen LogP contribution is -2.39. The van der Waals surface area contributed by atoms with Crippen LogP contribution in [-0.2, 0) is 12.0 Å². The molecule has 2 aromatic heterocycles. The van der Waals surface area contributed by atoms with E-state index in [1.54, 1.807) is 36.7 Å². The number of nitrogens with one attached hydrogen (secondary N) is 2. The van der Waals surface area contributed by atoms with Crippen molar-refractivity contribution in [2.45, 2.75) is 25.9 Å². The molecule has 0 aromatic carbocycles. The van der Waals surface area contributed by atoms with E-state index in [-0.39, 0.29) is 30.5 Å². The van der Waals surface area contributed by atoms with Crippen molar-refractivity contribution in [2.75, 3.05) is 19.6 Å². The van der Waals surface area contributed by atoms with Crippen LogP contribution in [0.15, 0.2) is 39.9 Å². The van der Waals surface area contributed by atoms with Crippen LogP contribution in [0.5, 0.6) is 0 Å². The molecule has 2 rings (SSSR count). The Morgan fingerprint density at radius 3 is 2.75 bits per heavy atom. The summed E-state index contributed by atoms with van der Waals surface area (Å²) in [5.41, 5.74) is -1.12. The largest absolute Gasteiger partial charge is 0.466 e. The van der Waals surface area contributed by atoms with Crippen molar-refractivity contribution in [2.24, 2.45) is 4.99 Å². The summed E-state index contributed by atoms with van der Waals surface area (Å²) in [6.07, 6.45) is 2.51. The molecule has 1 atom stereocenters. The maximum atomic E-state index is 10.4. The second-order valence-electron chi connectivity index (χ2n) is 5.33. The minimum absolute atomic E-state index is 0. The van der Waals surface area contributed by atoms with E-state index in [0.717, 1.165) is 19.5 Å². The molecule has 24 heavy (non-hydrogen) atoms. The molecule has 0 fully saturated rings. The van der Waals surface area contributed by atoms with E-state index in [4.69, 9.17) is 4.42 Å². The van der Waals surface area contributed by atoms with Gasteiger partial charge < -0.3 is 20.2 Å². The molecule has 2 heterocycles. The van der Waals surface area contributed by atoms with E-state index < -0.39 is 5.60 Å². The lowest BCUT2D eigenvalue weighted by Gasteiger charge is -2.19. The monoisotopic (exact) mass is 575 g/mol. The van der Waals surface area contributed by atoms with Crippen molar-refractivity contribution in [1.29, 1.82) is 0 Å². The van der Waals surface area contributed by atoms with Crippen LogP contribution >= 0.6 is 57.9 Å². The minimum Gasteiger partial charge on any atom is -0.466 e. The van der Waals surface area contributed by atoms with E-state index in [9.17, 15) is 5.11 Å². The van der Waals surface area contributed by atoms with Crippen LogP contribution < -0.4 is 10.6 Å². The number of nitrogens with zero attached hydrogens (tertiary/aromatic N) is 1. The second-order valence-corrected chi connectivity index (χ2v) is 8.39. The van der Waals surface area contributed by atoms with Gasteiger partial charge in [0.15, 0.2) is 5.96 Å². The highest BCUT2D eigenvalue weighted by Gasteiger charge is 2.25. The quantitative estimate of drug-likeness (QED) is 0.269. The van der Waals surface area contributed by atoms with Crippen LogP contribution in [0.2, 0.25) is 0 Å². The van der Waals surface area contributed by atoms with Crippen molar-refractivity contribution in [3.63, 3.8) is 0 Å². The van der Waals surface area contributed by atoms with Gasteiger partial charge in [0.2, 0.25) is 0 Å². The van der Waals surface area contributed by atoms with Crippen molar-refractivity contribution < 1.29 is 9.52 Å². The maximum absolute atomic E-state index is 10.4. The third-order valence-electron chi connectivity index (χ3n) is 3.23. The van der Waals surface area contributed by atoms with E-state index in [0.29, 0.717) is 11.7 Å². The molecule has 0 spiro atoms. The van der Waals surface area contributed by atoms with Gasteiger partial charge in [0.05, 0.1) is 15.7 Å². The zero-order chi connectivity index (χ0) is 16.7. The van der Waals surface area contributed by atoms with Crippen LogP contribution in [0.25, 0.3) is 0 Å². The molecular weight excluding hydrogens is 552 g/mol. The third-order valence-corrected chi connectivity index (χ3v) is 5.19. The Hall–Kier alpha value is -0.330. The van der Waals surface area contributed by atoms with Gasteiger partial charge >= 0.3 is 0 Å². The fourth-order valence-electron chi connectivity index (χ4n) is 2.03. The number of hydrogen-bond acceptors (Lipinski definition) is 4. The molecule has 0 bridgehead atoms. The highest BCUT2D eigenvalue weighted by Crippen LogP contribution is 2.21. The van der Waals surface area contributed by atoms with Crippen molar-refractivity contribution in [1.82, 2.24) is 10.6 Å². The first kappa shape index (κ1) is 21.7. The molecule has 2 aromatic rings. The molecule has 1 unspecified atom stereocenters. The lowest BCUT2D eigenvalue weighted by atomic mass is 10.0. The van der Waals surface area contributed by atoms with E-state index in [2.05, 4.69) is 50.3 Å². The Labute approximate surface area is 177 Å². The Bertz CT molecular complexity index is 627. The number of hydrogen-bond donors (Lipinski definition) is 3. The Kier molecular flexibility index (Phi) is 9.60. The average molecular weight is 575 g/mol. The molecule has 0 aliphatic heterocycles. The molecule has 0 saturated heterocycles. The molecule has 0 radical (unpaired) electrons. The van der Waals surface area contributed by atoms with E-state index >= 15 is 0 Å². The van der Waals surface area contributed by atoms with Crippen LogP contribution in [0, 0.1) is 2.88 Å². The Morgan fingerprint density at radius 1 is 1.38 bits per heavy atom. The second kappa shape index (κ2) is 10.6. The summed E-state index contributed by atoms with van der Waals surface area (Å²) in [5, 5.41) is 16.9. The number of aliphatic hydroxyl groups is 1. The Balaban J connectivity index is 0.00000288. The first-order chi connectivity index (χ1) is 11.0.